The lowest BCUT2D eigenvalue weighted by molar-refractivity contribution is -0.136. The summed E-state index contributed by atoms with van der Waals surface area (Å²) >= 11 is 0. The maximum atomic E-state index is 12.1. The Hall–Kier alpha value is -3.69. The first-order valence-corrected chi connectivity index (χ1v) is 10.8. The van der Waals surface area contributed by atoms with Crippen LogP contribution in [-0.2, 0) is 4.79 Å². The number of aromatic nitrogens is 6. The Morgan fingerprint density at radius 3 is 2.94 bits per heavy atom. The molecule has 1 amide bonds. The number of imidazole rings is 1. The minimum atomic E-state index is -0.0714. The highest BCUT2D eigenvalue weighted by molar-refractivity contribution is 5.97. The molecule has 0 aromatic carbocycles. The van der Waals surface area contributed by atoms with Crippen LogP contribution in [0.4, 0.5) is 5.95 Å². The van der Waals surface area contributed by atoms with E-state index >= 15 is 0 Å². The smallest absolute Gasteiger partial charge is 0.233 e. The summed E-state index contributed by atoms with van der Waals surface area (Å²) in [7, 11) is 1.61. The molecular weight excluding hydrogens is 408 g/mol. The number of carbonyl (C=O) groups is 1. The van der Waals surface area contributed by atoms with Gasteiger partial charge in [0.05, 0.1) is 12.5 Å². The molecule has 6 rings (SSSR count). The molecule has 5 heterocycles. The van der Waals surface area contributed by atoms with Gasteiger partial charge in [0.25, 0.3) is 0 Å². The molecule has 0 radical (unpaired) electrons. The van der Waals surface area contributed by atoms with Crippen molar-refractivity contribution >= 4 is 28.7 Å². The molecule has 1 aliphatic carbocycles. The average molecular weight is 432 g/mol. The normalized spacial score (nSPS) is 23.1. The van der Waals surface area contributed by atoms with Crippen LogP contribution in [0.1, 0.15) is 32.6 Å². The number of hydrogen-bond acceptors (Lipinski definition) is 7. The molecule has 2 aliphatic rings. The molecule has 0 unspecified atom stereocenters. The van der Waals surface area contributed by atoms with E-state index in [-0.39, 0.29) is 17.5 Å². The zero-order chi connectivity index (χ0) is 21.9. The minimum Gasteiger partial charge on any atom is -0.480 e. The Bertz CT molecular complexity index is 1340. The summed E-state index contributed by atoms with van der Waals surface area (Å²) in [5.74, 6) is 1.93. The Kier molecular flexibility index (Phi) is 4.11. The van der Waals surface area contributed by atoms with E-state index in [4.69, 9.17) is 4.74 Å². The van der Waals surface area contributed by atoms with Crippen LogP contribution >= 0.6 is 0 Å². The van der Waals surface area contributed by atoms with Crippen molar-refractivity contribution in [3.8, 4) is 17.0 Å². The van der Waals surface area contributed by atoms with Gasteiger partial charge in [0, 0.05) is 66.7 Å². The van der Waals surface area contributed by atoms with Gasteiger partial charge in [0.1, 0.15) is 5.65 Å². The largest absolute Gasteiger partial charge is 0.480 e. The fraction of sp³-hybridized carbons (Fsp3) is 0.409. The number of amides is 1. The molecule has 2 N–H and O–H groups in total. The van der Waals surface area contributed by atoms with Gasteiger partial charge in [0.2, 0.25) is 23.5 Å². The highest BCUT2D eigenvalue weighted by Crippen LogP contribution is 2.41. The number of nitrogens with one attached hydrogen (secondary N) is 2. The van der Waals surface area contributed by atoms with Crippen LogP contribution in [0.25, 0.3) is 27.9 Å². The van der Waals surface area contributed by atoms with Gasteiger partial charge in [-0.2, -0.15) is 9.97 Å². The van der Waals surface area contributed by atoms with Crippen molar-refractivity contribution in [3.05, 3.63) is 31.0 Å². The molecule has 0 bridgehead atoms. The van der Waals surface area contributed by atoms with Gasteiger partial charge in [-0.05, 0) is 26.2 Å². The number of nitrogens with zero attached hydrogens (tertiary/aromatic N) is 6. The fourth-order valence-corrected chi connectivity index (χ4v) is 5.12. The van der Waals surface area contributed by atoms with Gasteiger partial charge in [-0.15, -0.1) is 0 Å². The zero-order valence-electron chi connectivity index (χ0n) is 18.0. The number of hydrogen-bond donors (Lipinski definition) is 2. The molecule has 4 aromatic heterocycles. The second-order valence-electron chi connectivity index (χ2n) is 8.85. The Morgan fingerprint density at radius 1 is 1.28 bits per heavy atom. The number of fused-ring (bicyclic) bond motifs is 2. The Morgan fingerprint density at radius 2 is 2.16 bits per heavy atom. The molecule has 32 heavy (non-hydrogen) atoms. The fourth-order valence-electron chi connectivity index (χ4n) is 5.12. The SMILES string of the molecule is COc1nc(N[C@H]2C[C@@](C)(N3CCCC3=O)C2)nc2[nH]cc(-c3cnc4nccn4c3)c12. The van der Waals surface area contributed by atoms with Crippen LogP contribution in [0.2, 0.25) is 0 Å². The number of aromatic amines is 1. The summed E-state index contributed by atoms with van der Waals surface area (Å²) in [5.41, 5.74) is 2.44. The molecule has 1 saturated carbocycles. The van der Waals surface area contributed by atoms with Gasteiger partial charge in [-0.1, -0.05) is 0 Å². The van der Waals surface area contributed by atoms with E-state index in [2.05, 4.69) is 37.2 Å². The van der Waals surface area contributed by atoms with E-state index in [9.17, 15) is 4.79 Å². The van der Waals surface area contributed by atoms with Crippen molar-refractivity contribution < 1.29 is 9.53 Å². The average Bonchev–Trinajstić information content (AvgIpc) is 3.50. The van der Waals surface area contributed by atoms with E-state index in [0.29, 0.717) is 29.7 Å². The third-order valence-corrected chi connectivity index (χ3v) is 6.68. The predicted octanol–water partition coefficient (Wildman–Crippen LogP) is 2.63. The maximum absolute atomic E-state index is 12.1. The van der Waals surface area contributed by atoms with Crippen molar-refractivity contribution in [3.63, 3.8) is 0 Å². The van der Waals surface area contributed by atoms with Gasteiger partial charge in [-0.25, -0.2) is 9.97 Å². The summed E-state index contributed by atoms with van der Waals surface area (Å²) in [6, 6.07) is 0.220. The molecule has 0 spiro atoms. The van der Waals surface area contributed by atoms with Gasteiger partial charge in [-0.3, -0.25) is 9.20 Å². The lowest BCUT2D eigenvalue weighted by Crippen LogP contribution is -2.59. The van der Waals surface area contributed by atoms with Crippen molar-refractivity contribution in [1.82, 2.24) is 34.2 Å². The molecule has 164 valence electrons. The van der Waals surface area contributed by atoms with E-state index in [0.717, 1.165) is 42.3 Å². The number of likely N-dealkylation sites (tertiary alicyclic amines) is 1. The summed E-state index contributed by atoms with van der Waals surface area (Å²) < 4.78 is 7.50. The quantitative estimate of drug-likeness (QED) is 0.498. The van der Waals surface area contributed by atoms with E-state index in [1.807, 2.05) is 27.9 Å². The minimum absolute atomic E-state index is 0.0714. The van der Waals surface area contributed by atoms with Crippen molar-refractivity contribution in [2.75, 3.05) is 19.0 Å². The summed E-state index contributed by atoms with van der Waals surface area (Å²) in [6.45, 7) is 3.03. The van der Waals surface area contributed by atoms with E-state index in [1.54, 1.807) is 19.5 Å². The van der Waals surface area contributed by atoms with Crippen molar-refractivity contribution in [1.29, 1.82) is 0 Å². The Labute approximate surface area is 184 Å². The topological polar surface area (TPSA) is 113 Å². The number of methoxy groups -OCH3 is 1. The third kappa shape index (κ3) is 2.89. The monoisotopic (exact) mass is 432 g/mol. The number of H-pyrrole nitrogens is 1. The molecule has 10 nitrogen and oxygen atoms in total. The molecule has 2 fully saturated rings. The Balaban J connectivity index is 1.27. The van der Waals surface area contributed by atoms with E-state index in [1.165, 1.54) is 0 Å². The highest BCUT2D eigenvalue weighted by Gasteiger charge is 2.48. The molecule has 10 heteroatoms. The van der Waals surface area contributed by atoms with Crippen LogP contribution in [0.3, 0.4) is 0 Å². The van der Waals surface area contributed by atoms with Crippen molar-refractivity contribution in [2.45, 2.75) is 44.2 Å². The molecular formula is C22H24N8O2. The third-order valence-electron chi connectivity index (χ3n) is 6.68. The highest BCUT2D eigenvalue weighted by atomic mass is 16.5. The molecule has 0 atom stereocenters. The van der Waals surface area contributed by atoms with Crippen LogP contribution in [-0.4, -0.2) is 65.4 Å². The zero-order valence-corrected chi connectivity index (χ0v) is 18.0. The molecule has 1 saturated heterocycles. The van der Waals surface area contributed by atoms with Crippen molar-refractivity contribution in [2.24, 2.45) is 0 Å². The van der Waals surface area contributed by atoms with Crippen LogP contribution in [0.15, 0.2) is 31.0 Å². The van der Waals surface area contributed by atoms with Gasteiger partial charge < -0.3 is 19.9 Å². The number of rotatable bonds is 5. The second-order valence-corrected chi connectivity index (χ2v) is 8.85. The lowest BCUT2D eigenvalue weighted by atomic mass is 9.73. The maximum Gasteiger partial charge on any atom is 0.233 e. The number of ether oxygens (including phenoxy) is 1. The molecule has 4 aromatic rings. The van der Waals surface area contributed by atoms with Gasteiger partial charge >= 0.3 is 0 Å². The summed E-state index contributed by atoms with van der Waals surface area (Å²) in [4.78, 5) is 35.3. The summed E-state index contributed by atoms with van der Waals surface area (Å²) in [5, 5.41) is 4.23. The van der Waals surface area contributed by atoms with Crippen LogP contribution < -0.4 is 10.1 Å². The summed E-state index contributed by atoms with van der Waals surface area (Å²) in [6.07, 6.45) is 12.6. The first-order valence-electron chi connectivity index (χ1n) is 10.8. The first kappa shape index (κ1) is 19.0. The number of carbonyl (C=O) groups excluding carboxylic acids is 1. The molecule has 1 aliphatic heterocycles. The predicted molar refractivity (Wildman–Crippen MR) is 118 cm³/mol. The van der Waals surface area contributed by atoms with E-state index < -0.39 is 0 Å². The van der Waals surface area contributed by atoms with Crippen LogP contribution in [0.5, 0.6) is 5.88 Å². The second kappa shape index (κ2) is 6.91. The first-order chi connectivity index (χ1) is 15.5. The number of anilines is 1. The standard InChI is InChI=1S/C22H24N8O2/c1-22(30-6-3-4-16(30)31)8-14(9-22)26-20-27-18-17(19(28-20)32-2)15(11-24-18)13-10-25-21-23-5-7-29(21)12-13/h5,7,10-12,14H,3-4,6,8-9H2,1-2H3,(H2,24,26,27,28)/t14-,22+. The lowest BCUT2D eigenvalue weighted by Gasteiger charge is -2.51. The van der Waals surface area contributed by atoms with Crippen LogP contribution in [0, 0.1) is 0 Å². The van der Waals surface area contributed by atoms with Gasteiger partial charge in [0.15, 0.2) is 0 Å².